The third kappa shape index (κ3) is 5.58. The maximum absolute atomic E-state index is 3.64. The van der Waals surface area contributed by atoms with Crippen molar-refractivity contribution in [2.45, 2.75) is 52.3 Å². The highest BCUT2D eigenvalue weighted by molar-refractivity contribution is 7.99. The van der Waals surface area contributed by atoms with Crippen molar-refractivity contribution in [3.05, 3.63) is 35.4 Å². The van der Waals surface area contributed by atoms with E-state index in [0.29, 0.717) is 11.3 Å². The van der Waals surface area contributed by atoms with E-state index in [1.54, 1.807) is 0 Å². The van der Waals surface area contributed by atoms with Crippen LogP contribution >= 0.6 is 11.8 Å². The standard InChI is InChI=1S/C17H29NS/c1-6-13(3)12-19-15(5)17(18-7-2)16-10-8-14(4)9-11-16/h8-11,13,15,17-18H,6-7,12H2,1-5H3. The summed E-state index contributed by atoms with van der Waals surface area (Å²) in [4.78, 5) is 0. The first-order valence-corrected chi connectivity index (χ1v) is 8.54. The lowest BCUT2D eigenvalue weighted by atomic mass is 10.0. The summed E-state index contributed by atoms with van der Waals surface area (Å²) in [5.74, 6) is 2.07. The largest absolute Gasteiger partial charge is 0.309 e. The minimum Gasteiger partial charge on any atom is -0.309 e. The predicted molar refractivity (Wildman–Crippen MR) is 89.0 cm³/mol. The van der Waals surface area contributed by atoms with Crippen molar-refractivity contribution in [1.29, 1.82) is 0 Å². The second kappa shape index (κ2) is 8.65. The van der Waals surface area contributed by atoms with Crippen molar-refractivity contribution in [3.8, 4) is 0 Å². The Morgan fingerprint density at radius 2 is 1.74 bits per heavy atom. The molecule has 0 amide bonds. The van der Waals surface area contributed by atoms with Gasteiger partial charge < -0.3 is 5.32 Å². The zero-order valence-electron chi connectivity index (χ0n) is 13.1. The molecule has 19 heavy (non-hydrogen) atoms. The van der Waals surface area contributed by atoms with Gasteiger partial charge in [-0.05, 0) is 30.7 Å². The van der Waals surface area contributed by atoms with Gasteiger partial charge in [0.1, 0.15) is 0 Å². The number of aryl methyl sites for hydroxylation is 1. The summed E-state index contributed by atoms with van der Waals surface area (Å²) in [6.45, 7) is 12.3. The molecule has 2 heteroatoms. The molecule has 0 spiro atoms. The Morgan fingerprint density at radius 3 is 2.26 bits per heavy atom. The van der Waals surface area contributed by atoms with E-state index in [4.69, 9.17) is 0 Å². The Labute approximate surface area is 123 Å². The molecule has 1 aromatic rings. The van der Waals surface area contributed by atoms with Crippen molar-refractivity contribution in [2.75, 3.05) is 12.3 Å². The molecular weight excluding hydrogens is 250 g/mol. The van der Waals surface area contributed by atoms with E-state index >= 15 is 0 Å². The lowest BCUT2D eigenvalue weighted by Crippen LogP contribution is -2.29. The first-order valence-electron chi connectivity index (χ1n) is 7.50. The quantitative estimate of drug-likeness (QED) is 0.732. The lowest BCUT2D eigenvalue weighted by Gasteiger charge is -2.26. The summed E-state index contributed by atoms with van der Waals surface area (Å²) in [7, 11) is 0. The fourth-order valence-corrected chi connectivity index (χ4v) is 3.39. The molecule has 0 fully saturated rings. The van der Waals surface area contributed by atoms with Crippen LogP contribution in [0, 0.1) is 12.8 Å². The number of nitrogens with one attached hydrogen (secondary N) is 1. The SMILES string of the molecule is CCNC(c1ccc(C)cc1)C(C)SCC(C)CC. The van der Waals surface area contributed by atoms with Gasteiger partial charge in [0.15, 0.2) is 0 Å². The average Bonchev–Trinajstić information content (AvgIpc) is 2.43. The lowest BCUT2D eigenvalue weighted by molar-refractivity contribution is 0.545. The van der Waals surface area contributed by atoms with Crippen LogP contribution < -0.4 is 5.32 Å². The van der Waals surface area contributed by atoms with Gasteiger partial charge in [-0.15, -0.1) is 0 Å². The second-order valence-electron chi connectivity index (χ2n) is 5.50. The Morgan fingerprint density at radius 1 is 1.11 bits per heavy atom. The molecule has 0 radical (unpaired) electrons. The molecule has 0 saturated heterocycles. The van der Waals surface area contributed by atoms with Crippen molar-refractivity contribution in [2.24, 2.45) is 5.92 Å². The van der Waals surface area contributed by atoms with Crippen LogP contribution in [-0.2, 0) is 0 Å². The Hall–Kier alpha value is -0.470. The molecule has 1 rings (SSSR count). The van der Waals surface area contributed by atoms with Crippen LogP contribution in [0.2, 0.25) is 0 Å². The molecule has 1 aromatic carbocycles. The van der Waals surface area contributed by atoms with Crippen LogP contribution in [0.4, 0.5) is 0 Å². The average molecular weight is 279 g/mol. The molecule has 0 saturated carbocycles. The molecule has 0 aromatic heterocycles. The van der Waals surface area contributed by atoms with Gasteiger partial charge in [0.05, 0.1) is 0 Å². The minimum absolute atomic E-state index is 0.458. The molecule has 108 valence electrons. The molecule has 1 N–H and O–H groups in total. The van der Waals surface area contributed by atoms with Gasteiger partial charge in [-0.2, -0.15) is 11.8 Å². The summed E-state index contributed by atoms with van der Waals surface area (Å²) in [6.07, 6.45) is 1.27. The topological polar surface area (TPSA) is 12.0 Å². The fourth-order valence-electron chi connectivity index (χ4n) is 2.08. The van der Waals surface area contributed by atoms with E-state index in [-0.39, 0.29) is 0 Å². The van der Waals surface area contributed by atoms with Crippen molar-refractivity contribution >= 4 is 11.8 Å². The predicted octanol–water partition coefficient (Wildman–Crippen LogP) is 4.81. The van der Waals surface area contributed by atoms with Gasteiger partial charge in [-0.1, -0.05) is 63.9 Å². The summed E-state index contributed by atoms with van der Waals surface area (Å²) >= 11 is 2.09. The number of rotatable bonds is 8. The monoisotopic (exact) mass is 279 g/mol. The van der Waals surface area contributed by atoms with E-state index in [9.17, 15) is 0 Å². The highest BCUT2D eigenvalue weighted by Gasteiger charge is 2.19. The molecule has 0 aliphatic rings. The molecule has 3 atom stereocenters. The molecule has 1 nitrogen and oxygen atoms in total. The minimum atomic E-state index is 0.458. The van der Waals surface area contributed by atoms with E-state index in [2.05, 4.69) is 76.0 Å². The zero-order chi connectivity index (χ0) is 14.3. The van der Waals surface area contributed by atoms with E-state index in [1.807, 2.05) is 0 Å². The zero-order valence-corrected chi connectivity index (χ0v) is 13.9. The van der Waals surface area contributed by atoms with Gasteiger partial charge in [0, 0.05) is 11.3 Å². The van der Waals surface area contributed by atoms with E-state index < -0.39 is 0 Å². The van der Waals surface area contributed by atoms with Gasteiger partial charge in [-0.3, -0.25) is 0 Å². The number of benzene rings is 1. The number of hydrogen-bond acceptors (Lipinski definition) is 2. The van der Waals surface area contributed by atoms with Crippen LogP contribution in [0.15, 0.2) is 24.3 Å². The fraction of sp³-hybridized carbons (Fsp3) is 0.647. The molecule has 0 bridgehead atoms. The molecule has 0 aliphatic heterocycles. The van der Waals surface area contributed by atoms with Crippen molar-refractivity contribution in [3.63, 3.8) is 0 Å². The Balaban J connectivity index is 2.67. The highest BCUT2D eigenvalue weighted by Crippen LogP contribution is 2.28. The first-order chi connectivity index (χ1) is 9.08. The summed E-state index contributed by atoms with van der Waals surface area (Å²) < 4.78 is 0. The van der Waals surface area contributed by atoms with Gasteiger partial charge in [0.2, 0.25) is 0 Å². The maximum Gasteiger partial charge on any atom is 0.0437 e. The number of thioether (sulfide) groups is 1. The van der Waals surface area contributed by atoms with Gasteiger partial charge >= 0.3 is 0 Å². The summed E-state index contributed by atoms with van der Waals surface area (Å²) in [5, 5.41) is 4.25. The van der Waals surface area contributed by atoms with Crippen molar-refractivity contribution in [1.82, 2.24) is 5.32 Å². The van der Waals surface area contributed by atoms with E-state index in [0.717, 1.165) is 12.5 Å². The van der Waals surface area contributed by atoms with E-state index in [1.165, 1.54) is 23.3 Å². The Bertz CT molecular complexity index is 347. The second-order valence-corrected chi connectivity index (χ2v) is 6.91. The van der Waals surface area contributed by atoms with Crippen LogP contribution in [0.25, 0.3) is 0 Å². The molecular formula is C17H29NS. The van der Waals surface area contributed by atoms with Crippen LogP contribution in [0.5, 0.6) is 0 Å². The number of hydrogen-bond donors (Lipinski definition) is 1. The molecule has 0 heterocycles. The van der Waals surface area contributed by atoms with Crippen LogP contribution in [0.3, 0.4) is 0 Å². The molecule has 0 aliphatic carbocycles. The normalized spacial score (nSPS) is 16.1. The van der Waals surface area contributed by atoms with Gasteiger partial charge in [0.25, 0.3) is 0 Å². The highest BCUT2D eigenvalue weighted by atomic mass is 32.2. The third-order valence-corrected chi connectivity index (χ3v) is 5.23. The first kappa shape index (κ1) is 16.6. The smallest absolute Gasteiger partial charge is 0.0437 e. The van der Waals surface area contributed by atoms with Crippen molar-refractivity contribution < 1.29 is 0 Å². The Kier molecular flexibility index (Phi) is 7.55. The van der Waals surface area contributed by atoms with Crippen LogP contribution in [-0.4, -0.2) is 17.5 Å². The summed E-state index contributed by atoms with van der Waals surface area (Å²) in [6, 6.07) is 9.42. The van der Waals surface area contributed by atoms with Gasteiger partial charge in [-0.25, -0.2) is 0 Å². The maximum atomic E-state index is 3.64. The van der Waals surface area contributed by atoms with Crippen LogP contribution in [0.1, 0.15) is 51.3 Å². The third-order valence-electron chi connectivity index (χ3n) is 3.67. The molecule has 3 unspecified atom stereocenters. The summed E-state index contributed by atoms with van der Waals surface area (Å²) in [5.41, 5.74) is 2.75.